The van der Waals surface area contributed by atoms with Crippen molar-refractivity contribution in [3.8, 4) is 5.75 Å². The fourth-order valence-corrected chi connectivity index (χ4v) is 4.19. The molecule has 1 aromatic heterocycles. The number of sulfonamides is 1. The number of rotatable bonds is 8. The summed E-state index contributed by atoms with van der Waals surface area (Å²) >= 11 is 6.65. The van der Waals surface area contributed by atoms with Gasteiger partial charge >= 0.3 is 5.97 Å². The van der Waals surface area contributed by atoms with Crippen LogP contribution >= 0.6 is 22.9 Å². The van der Waals surface area contributed by atoms with Gasteiger partial charge in [-0.3, -0.25) is 4.31 Å². The van der Waals surface area contributed by atoms with Crippen molar-refractivity contribution in [2.75, 3.05) is 24.6 Å². The Balaban J connectivity index is 1.98. The molecule has 1 heterocycles. The van der Waals surface area contributed by atoms with Crippen molar-refractivity contribution in [2.24, 2.45) is 0 Å². The van der Waals surface area contributed by atoms with Crippen LogP contribution in [0.4, 0.5) is 5.69 Å². The van der Waals surface area contributed by atoms with Gasteiger partial charge in [-0.25, -0.2) is 13.2 Å². The van der Waals surface area contributed by atoms with E-state index in [1.165, 1.54) is 11.4 Å². The third kappa shape index (κ3) is 5.22. The molecule has 0 N–H and O–H groups in total. The number of hydrogen-bond acceptors (Lipinski definition) is 6. The first-order valence-corrected chi connectivity index (χ1v) is 9.74. The normalized spacial score (nSPS) is 11.0. The Morgan fingerprint density at radius 1 is 1.24 bits per heavy atom. The van der Waals surface area contributed by atoms with Gasteiger partial charge in [0.25, 0.3) is 10.0 Å². The van der Waals surface area contributed by atoms with Gasteiger partial charge in [0.15, 0.2) is 6.61 Å². The fraction of sp³-hybridized carbons (Fsp3) is 0.188. The zero-order chi connectivity index (χ0) is 18.4. The molecule has 0 spiro atoms. The van der Waals surface area contributed by atoms with E-state index in [0.717, 1.165) is 11.3 Å². The predicted molar refractivity (Wildman–Crippen MR) is 97.8 cm³/mol. The maximum absolute atomic E-state index is 12.4. The van der Waals surface area contributed by atoms with Crippen LogP contribution < -0.4 is 9.04 Å². The first-order chi connectivity index (χ1) is 11.8. The van der Waals surface area contributed by atoms with Gasteiger partial charge < -0.3 is 9.47 Å². The van der Waals surface area contributed by atoms with Crippen LogP contribution in [0.1, 0.15) is 0 Å². The van der Waals surface area contributed by atoms with Crippen molar-refractivity contribution in [2.45, 2.75) is 4.21 Å². The van der Waals surface area contributed by atoms with Crippen LogP contribution in [0.25, 0.3) is 0 Å². The molecule has 0 amide bonds. The lowest BCUT2D eigenvalue weighted by molar-refractivity contribution is -0.144. The second kappa shape index (κ2) is 8.37. The minimum atomic E-state index is -3.59. The summed E-state index contributed by atoms with van der Waals surface area (Å²) < 4.78 is 36.4. The van der Waals surface area contributed by atoms with Gasteiger partial charge in [0.05, 0.1) is 5.69 Å². The molecule has 0 saturated heterocycles. The topological polar surface area (TPSA) is 72.9 Å². The molecule has 134 valence electrons. The number of carbonyl (C=O) groups is 1. The molecule has 0 aliphatic rings. The third-order valence-electron chi connectivity index (χ3n) is 3.06. The molecular weight excluding hydrogens is 386 g/mol. The molecule has 0 saturated carbocycles. The fourth-order valence-electron chi connectivity index (χ4n) is 1.78. The summed E-state index contributed by atoms with van der Waals surface area (Å²) in [5, 5.41) is 1.92. The van der Waals surface area contributed by atoms with Gasteiger partial charge in [-0.2, -0.15) is 0 Å². The van der Waals surface area contributed by atoms with E-state index in [4.69, 9.17) is 21.1 Å². The Morgan fingerprint density at radius 2 is 1.92 bits per heavy atom. The SMILES string of the molecule is C=C(Cl)COC(=O)COc1ccc(N(C)S(=O)(=O)c2cccs2)cc1. The Labute approximate surface area is 155 Å². The highest BCUT2D eigenvalue weighted by molar-refractivity contribution is 7.94. The summed E-state index contributed by atoms with van der Waals surface area (Å²) in [4.78, 5) is 11.4. The summed E-state index contributed by atoms with van der Waals surface area (Å²) in [6, 6.07) is 9.56. The maximum Gasteiger partial charge on any atom is 0.344 e. The standard InChI is InChI=1S/C16H16ClNO5S2/c1-12(17)10-23-15(19)11-22-14-7-5-13(6-8-14)18(2)25(20,21)16-4-3-9-24-16/h3-9H,1,10-11H2,2H3. The van der Waals surface area contributed by atoms with Crippen LogP contribution in [0.2, 0.25) is 0 Å². The Morgan fingerprint density at radius 3 is 2.48 bits per heavy atom. The number of ether oxygens (including phenoxy) is 2. The van der Waals surface area contributed by atoms with Crippen LogP contribution in [0.5, 0.6) is 5.75 Å². The van der Waals surface area contributed by atoms with E-state index >= 15 is 0 Å². The molecule has 0 aliphatic heterocycles. The molecule has 0 unspecified atom stereocenters. The van der Waals surface area contributed by atoms with Crippen molar-refractivity contribution in [3.63, 3.8) is 0 Å². The van der Waals surface area contributed by atoms with Crippen LogP contribution in [-0.2, 0) is 19.6 Å². The highest BCUT2D eigenvalue weighted by atomic mass is 35.5. The molecule has 6 nitrogen and oxygen atoms in total. The monoisotopic (exact) mass is 401 g/mol. The molecule has 0 aliphatic carbocycles. The first kappa shape index (κ1) is 19.3. The molecule has 1 aromatic carbocycles. The minimum Gasteiger partial charge on any atom is -0.482 e. The van der Waals surface area contributed by atoms with Gasteiger partial charge in [0, 0.05) is 12.1 Å². The number of thiophene rings is 1. The highest BCUT2D eigenvalue weighted by Gasteiger charge is 2.22. The van der Waals surface area contributed by atoms with Gasteiger partial charge in [-0.05, 0) is 35.7 Å². The molecule has 2 aromatic rings. The average Bonchev–Trinajstić information content (AvgIpc) is 3.13. The van der Waals surface area contributed by atoms with Crippen LogP contribution in [0.3, 0.4) is 0 Å². The van der Waals surface area contributed by atoms with E-state index in [0.29, 0.717) is 11.4 Å². The maximum atomic E-state index is 12.4. The number of benzene rings is 1. The summed E-state index contributed by atoms with van der Waals surface area (Å²) in [5.41, 5.74) is 0.474. The van der Waals surface area contributed by atoms with Gasteiger partial charge in [0.1, 0.15) is 16.6 Å². The predicted octanol–water partition coefficient (Wildman–Crippen LogP) is 3.25. The summed E-state index contributed by atoms with van der Waals surface area (Å²) in [7, 11) is -2.11. The number of halogens is 1. The minimum absolute atomic E-state index is 0.0753. The summed E-state index contributed by atoms with van der Waals surface area (Å²) in [5.74, 6) is -0.171. The Bertz CT molecular complexity index is 832. The second-order valence-electron chi connectivity index (χ2n) is 4.87. The average molecular weight is 402 g/mol. The lowest BCUT2D eigenvalue weighted by atomic mass is 10.3. The van der Waals surface area contributed by atoms with E-state index in [9.17, 15) is 13.2 Å². The summed E-state index contributed by atoms with van der Waals surface area (Å²) in [6.07, 6.45) is 0. The van der Waals surface area contributed by atoms with E-state index < -0.39 is 16.0 Å². The van der Waals surface area contributed by atoms with E-state index in [1.54, 1.807) is 41.8 Å². The van der Waals surface area contributed by atoms with Crippen molar-refractivity contribution < 1.29 is 22.7 Å². The van der Waals surface area contributed by atoms with Gasteiger partial charge in [0.2, 0.25) is 0 Å². The number of carbonyl (C=O) groups excluding carboxylic acids is 1. The number of nitrogens with zero attached hydrogens (tertiary/aromatic N) is 1. The highest BCUT2D eigenvalue weighted by Crippen LogP contribution is 2.26. The molecule has 0 bridgehead atoms. The third-order valence-corrected chi connectivity index (χ3v) is 6.32. The lowest BCUT2D eigenvalue weighted by Crippen LogP contribution is -2.25. The van der Waals surface area contributed by atoms with Gasteiger partial charge in [-0.15, -0.1) is 11.3 Å². The van der Waals surface area contributed by atoms with Crippen LogP contribution in [-0.4, -0.2) is 34.6 Å². The Hall–Kier alpha value is -2.03. The largest absolute Gasteiger partial charge is 0.482 e. The number of anilines is 1. The second-order valence-corrected chi connectivity index (χ2v) is 8.54. The van der Waals surface area contributed by atoms with E-state index in [2.05, 4.69) is 6.58 Å². The summed E-state index contributed by atoms with van der Waals surface area (Å²) in [6.45, 7) is 3.04. The van der Waals surface area contributed by atoms with Crippen molar-refractivity contribution >= 4 is 44.6 Å². The zero-order valence-electron chi connectivity index (χ0n) is 13.3. The number of hydrogen-bond donors (Lipinski definition) is 0. The molecule has 9 heteroatoms. The molecule has 0 fully saturated rings. The zero-order valence-corrected chi connectivity index (χ0v) is 15.7. The number of esters is 1. The van der Waals surface area contributed by atoms with E-state index in [-0.39, 0.29) is 22.5 Å². The molecule has 0 radical (unpaired) electrons. The molecule has 25 heavy (non-hydrogen) atoms. The molecular formula is C16H16ClNO5S2. The first-order valence-electron chi connectivity index (χ1n) is 7.05. The Kier molecular flexibility index (Phi) is 6.46. The lowest BCUT2D eigenvalue weighted by Gasteiger charge is -2.18. The molecule has 0 atom stereocenters. The van der Waals surface area contributed by atoms with Crippen LogP contribution in [0.15, 0.2) is 57.6 Å². The van der Waals surface area contributed by atoms with E-state index in [1.807, 2.05) is 0 Å². The van der Waals surface area contributed by atoms with Crippen molar-refractivity contribution in [3.05, 3.63) is 53.4 Å². The van der Waals surface area contributed by atoms with Crippen molar-refractivity contribution in [1.29, 1.82) is 0 Å². The van der Waals surface area contributed by atoms with Gasteiger partial charge in [-0.1, -0.05) is 24.2 Å². The van der Waals surface area contributed by atoms with Crippen molar-refractivity contribution in [1.82, 2.24) is 0 Å². The smallest absolute Gasteiger partial charge is 0.344 e. The molecule has 2 rings (SSSR count). The quantitative estimate of drug-likeness (QED) is 0.635. The van der Waals surface area contributed by atoms with Crippen LogP contribution in [0, 0.1) is 0 Å².